The zero-order valence-electron chi connectivity index (χ0n) is 9.27. The zero-order chi connectivity index (χ0) is 11.3. The van der Waals surface area contributed by atoms with Gasteiger partial charge in [0.2, 0.25) is 0 Å². The minimum absolute atomic E-state index is 0.120. The number of benzene rings is 1. The van der Waals surface area contributed by atoms with E-state index in [-0.39, 0.29) is 17.8 Å². The summed E-state index contributed by atoms with van der Waals surface area (Å²) in [5.74, 6) is 1.23. The van der Waals surface area contributed by atoms with Gasteiger partial charge in [0.15, 0.2) is 0 Å². The van der Waals surface area contributed by atoms with Crippen molar-refractivity contribution < 1.29 is 9.53 Å². The van der Waals surface area contributed by atoms with Gasteiger partial charge in [-0.1, -0.05) is 37.3 Å². The van der Waals surface area contributed by atoms with Gasteiger partial charge in [-0.25, -0.2) is 0 Å². The monoisotopic (exact) mass is 214 g/mol. The van der Waals surface area contributed by atoms with Gasteiger partial charge in [-0.2, -0.15) is 0 Å². The molecule has 82 valence electrons. The number of hydrogen-bond acceptors (Lipinski definition) is 2. The first-order chi connectivity index (χ1) is 7.68. The van der Waals surface area contributed by atoms with Gasteiger partial charge in [0.05, 0.1) is 5.92 Å². The molecule has 1 saturated carbocycles. The molecule has 1 aliphatic heterocycles. The molecule has 2 nitrogen and oxygen atoms in total. The number of esters is 1. The Morgan fingerprint density at radius 3 is 2.94 bits per heavy atom. The maximum atomic E-state index is 11.9. The van der Waals surface area contributed by atoms with Gasteiger partial charge in [0, 0.05) is 5.92 Å². The van der Waals surface area contributed by atoms with Gasteiger partial charge in [0.25, 0.3) is 0 Å². The molecular weight excluding hydrogens is 200 g/mol. The predicted molar refractivity (Wildman–Crippen MR) is 61.2 cm³/mol. The SMILES string of the molecule is C=C1CC(C)C2c3ccccc3OC(=O)C12. The standard InChI is InChI=1S/C14H14O2/c1-8-7-9(2)13-12(8)10-5-3-4-6-11(10)16-14(13)15/h3-6,8,12-13H,2,7H2,1H3. The van der Waals surface area contributed by atoms with Crippen LogP contribution in [0, 0.1) is 11.8 Å². The van der Waals surface area contributed by atoms with E-state index in [1.807, 2.05) is 18.2 Å². The highest BCUT2D eigenvalue weighted by atomic mass is 16.5. The van der Waals surface area contributed by atoms with Crippen molar-refractivity contribution in [2.45, 2.75) is 19.3 Å². The van der Waals surface area contributed by atoms with Gasteiger partial charge in [-0.15, -0.1) is 0 Å². The molecule has 0 radical (unpaired) electrons. The van der Waals surface area contributed by atoms with Crippen LogP contribution in [0.3, 0.4) is 0 Å². The predicted octanol–water partition coefficient (Wildman–Crippen LogP) is 2.90. The fraction of sp³-hybridized carbons (Fsp3) is 0.357. The molecule has 0 aromatic heterocycles. The Morgan fingerprint density at radius 2 is 2.12 bits per heavy atom. The summed E-state index contributed by atoms with van der Waals surface area (Å²) >= 11 is 0. The number of ether oxygens (including phenoxy) is 1. The van der Waals surface area contributed by atoms with Crippen LogP contribution in [0.15, 0.2) is 36.4 Å². The van der Waals surface area contributed by atoms with E-state index in [1.54, 1.807) is 0 Å². The van der Waals surface area contributed by atoms with E-state index < -0.39 is 0 Å². The second-order valence-corrected chi connectivity index (χ2v) is 4.80. The van der Waals surface area contributed by atoms with Crippen LogP contribution in [-0.4, -0.2) is 5.97 Å². The second-order valence-electron chi connectivity index (χ2n) is 4.80. The van der Waals surface area contributed by atoms with Crippen LogP contribution in [0.4, 0.5) is 0 Å². The summed E-state index contributed by atoms with van der Waals surface area (Å²) in [5.41, 5.74) is 2.19. The van der Waals surface area contributed by atoms with Gasteiger partial charge in [0.1, 0.15) is 5.75 Å². The number of para-hydroxylation sites is 1. The van der Waals surface area contributed by atoms with E-state index in [4.69, 9.17) is 4.74 Å². The summed E-state index contributed by atoms with van der Waals surface area (Å²) in [4.78, 5) is 11.9. The van der Waals surface area contributed by atoms with Crippen LogP contribution in [-0.2, 0) is 4.79 Å². The van der Waals surface area contributed by atoms with Crippen LogP contribution >= 0.6 is 0 Å². The topological polar surface area (TPSA) is 26.3 Å². The third-order valence-corrected chi connectivity index (χ3v) is 3.74. The van der Waals surface area contributed by atoms with Crippen molar-refractivity contribution in [3.05, 3.63) is 42.0 Å². The number of fused-ring (bicyclic) bond motifs is 3. The molecule has 1 aromatic carbocycles. The maximum absolute atomic E-state index is 11.9. The van der Waals surface area contributed by atoms with Crippen LogP contribution < -0.4 is 4.74 Å². The lowest BCUT2D eigenvalue weighted by molar-refractivity contribution is -0.139. The number of rotatable bonds is 0. The van der Waals surface area contributed by atoms with E-state index in [2.05, 4.69) is 19.6 Å². The Hall–Kier alpha value is -1.57. The molecule has 2 aliphatic rings. The largest absolute Gasteiger partial charge is 0.426 e. The Balaban J connectivity index is 2.16. The molecule has 1 heterocycles. The molecule has 0 spiro atoms. The van der Waals surface area contributed by atoms with Gasteiger partial charge in [-0.05, 0) is 24.0 Å². The van der Waals surface area contributed by atoms with Crippen LogP contribution in [0.25, 0.3) is 0 Å². The molecule has 3 atom stereocenters. The molecule has 2 heteroatoms. The molecule has 0 saturated heterocycles. The van der Waals surface area contributed by atoms with Gasteiger partial charge < -0.3 is 4.74 Å². The Labute approximate surface area is 94.9 Å². The van der Waals surface area contributed by atoms with E-state index >= 15 is 0 Å². The average Bonchev–Trinajstić information content (AvgIpc) is 2.55. The quantitative estimate of drug-likeness (QED) is 0.377. The summed E-state index contributed by atoms with van der Waals surface area (Å²) in [6.45, 7) is 6.20. The smallest absolute Gasteiger partial charge is 0.319 e. The van der Waals surface area contributed by atoms with Crippen molar-refractivity contribution in [3.8, 4) is 5.75 Å². The fourth-order valence-electron chi connectivity index (χ4n) is 3.07. The van der Waals surface area contributed by atoms with Crippen molar-refractivity contribution in [2.75, 3.05) is 0 Å². The second kappa shape index (κ2) is 3.21. The molecule has 3 rings (SSSR count). The van der Waals surface area contributed by atoms with Gasteiger partial charge in [-0.3, -0.25) is 4.79 Å². The minimum atomic E-state index is -0.127. The highest BCUT2D eigenvalue weighted by Crippen LogP contribution is 2.51. The summed E-state index contributed by atoms with van der Waals surface area (Å²) in [6, 6.07) is 7.84. The summed E-state index contributed by atoms with van der Waals surface area (Å²) in [5, 5.41) is 0. The molecule has 1 aromatic rings. The van der Waals surface area contributed by atoms with Crippen LogP contribution in [0.1, 0.15) is 24.8 Å². The lowest BCUT2D eigenvalue weighted by atomic mass is 9.81. The molecular formula is C14H14O2. The molecule has 0 bridgehead atoms. The van der Waals surface area contributed by atoms with E-state index in [0.717, 1.165) is 17.7 Å². The minimum Gasteiger partial charge on any atom is -0.426 e. The number of hydrogen-bond donors (Lipinski definition) is 0. The first-order valence-electron chi connectivity index (χ1n) is 5.67. The van der Waals surface area contributed by atoms with E-state index in [9.17, 15) is 4.79 Å². The zero-order valence-corrected chi connectivity index (χ0v) is 9.27. The van der Waals surface area contributed by atoms with Crippen molar-refractivity contribution in [3.63, 3.8) is 0 Å². The maximum Gasteiger partial charge on any atom is 0.319 e. The lowest BCUT2D eigenvalue weighted by Crippen LogP contribution is -2.30. The summed E-state index contributed by atoms with van der Waals surface area (Å²) in [7, 11) is 0. The van der Waals surface area contributed by atoms with Crippen molar-refractivity contribution in [2.24, 2.45) is 11.8 Å². The molecule has 0 N–H and O–H groups in total. The molecule has 3 unspecified atom stereocenters. The third-order valence-electron chi connectivity index (χ3n) is 3.74. The average molecular weight is 214 g/mol. The van der Waals surface area contributed by atoms with Crippen molar-refractivity contribution >= 4 is 5.97 Å². The normalized spacial score (nSPS) is 31.9. The van der Waals surface area contributed by atoms with Gasteiger partial charge >= 0.3 is 5.97 Å². The van der Waals surface area contributed by atoms with E-state index in [1.165, 1.54) is 5.56 Å². The van der Waals surface area contributed by atoms with Crippen molar-refractivity contribution in [1.29, 1.82) is 0 Å². The summed E-state index contributed by atoms with van der Waals surface area (Å²) < 4.78 is 5.36. The van der Waals surface area contributed by atoms with Crippen molar-refractivity contribution in [1.82, 2.24) is 0 Å². The lowest BCUT2D eigenvalue weighted by Gasteiger charge is -2.29. The first kappa shape index (κ1) is 9.64. The Kier molecular flexibility index (Phi) is 1.93. The summed E-state index contributed by atoms with van der Waals surface area (Å²) in [6.07, 6.45) is 0.929. The molecule has 0 amide bonds. The molecule has 1 fully saturated rings. The number of carbonyl (C=O) groups is 1. The molecule has 1 aliphatic carbocycles. The first-order valence-corrected chi connectivity index (χ1v) is 5.67. The number of carbonyl (C=O) groups excluding carboxylic acids is 1. The van der Waals surface area contributed by atoms with Crippen LogP contribution in [0.2, 0.25) is 0 Å². The highest BCUT2D eigenvalue weighted by Gasteiger charge is 2.46. The third kappa shape index (κ3) is 1.16. The van der Waals surface area contributed by atoms with E-state index in [0.29, 0.717) is 5.92 Å². The Bertz CT molecular complexity index is 475. The fourth-order valence-corrected chi connectivity index (χ4v) is 3.07. The molecule has 16 heavy (non-hydrogen) atoms. The highest BCUT2D eigenvalue weighted by molar-refractivity contribution is 5.83. The Morgan fingerprint density at radius 1 is 1.38 bits per heavy atom. The van der Waals surface area contributed by atoms with Crippen LogP contribution in [0.5, 0.6) is 5.75 Å².